The van der Waals surface area contributed by atoms with Gasteiger partial charge in [0.15, 0.2) is 0 Å². The van der Waals surface area contributed by atoms with Gasteiger partial charge in [-0.15, -0.1) is 0 Å². The van der Waals surface area contributed by atoms with Crippen LogP contribution in [0.4, 0.5) is 0 Å². The molecule has 0 aromatic carbocycles. The van der Waals surface area contributed by atoms with Gasteiger partial charge in [-0.2, -0.15) is 5.10 Å². The van der Waals surface area contributed by atoms with E-state index in [4.69, 9.17) is 11.6 Å². The molecule has 4 nitrogen and oxygen atoms in total. The third kappa shape index (κ3) is 2.69. The zero-order chi connectivity index (χ0) is 12.4. The van der Waals surface area contributed by atoms with E-state index < -0.39 is 0 Å². The fourth-order valence-electron chi connectivity index (χ4n) is 2.41. The van der Waals surface area contributed by atoms with E-state index >= 15 is 0 Å². The molecule has 5 heteroatoms. The number of hydrogen-bond donors (Lipinski definition) is 0. The highest BCUT2D eigenvalue weighted by Crippen LogP contribution is 2.23. The van der Waals surface area contributed by atoms with Crippen molar-refractivity contribution in [1.82, 2.24) is 14.7 Å². The first-order chi connectivity index (χ1) is 8.11. The SMILES string of the molecule is Cc1nn(C)c(CN2CCCC(C=O)C2)c1Cl. The molecule has 2 rings (SSSR count). The number of hydrogen-bond acceptors (Lipinski definition) is 3. The lowest BCUT2D eigenvalue weighted by molar-refractivity contribution is -0.112. The van der Waals surface area contributed by atoms with Gasteiger partial charge in [-0.1, -0.05) is 11.6 Å². The number of carbonyl (C=O) groups excluding carboxylic acids is 1. The summed E-state index contributed by atoms with van der Waals surface area (Å²) in [6, 6.07) is 0. The lowest BCUT2D eigenvalue weighted by atomic mass is 10.00. The number of aldehydes is 1. The Bertz CT molecular complexity index is 416. The average Bonchev–Trinajstić information content (AvgIpc) is 2.56. The molecule has 0 aliphatic carbocycles. The molecule has 1 unspecified atom stereocenters. The standard InChI is InChI=1S/C12H18ClN3O/c1-9-12(13)11(15(2)14-9)7-16-5-3-4-10(6-16)8-17/h8,10H,3-7H2,1-2H3. The van der Waals surface area contributed by atoms with Crippen molar-refractivity contribution in [3.8, 4) is 0 Å². The maximum Gasteiger partial charge on any atom is 0.124 e. The van der Waals surface area contributed by atoms with Crippen molar-refractivity contribution in [3.63, 3.8) is 0 Å². The van der Waals surface area contributed by atoms with Gasteiger partial charge in [0.05, 0.1) is 16.4 Å². The van der Waals surface area contributed by atoms with Gasteiger partial charge in [-0.05, 0) is 26.3 Å². The molecule has 1 aliphatic heterocycles. The second-order valence-corrected chi connectivity index (χ2v) is 5.12. The van der Waals surface area contributed by atoms with Crippen LogP contribution in [0.15, 0.2) is 0 Å². The molecule has 1 aliphatic rings. The first-order valence-corrected chi connectivity index (χ1v) is 6.35. The first-order valence-electron chi connectivity index (χ1n) is 5.97. The number of rotatable bonds is 3. The quantitative estimate of drug-likeness (QED) is 0.773. The van der Waals surface area contributed by atoms with Gasteiger partial charge in [0.25, 0.3) is 0 Å². The second-order valence-electron chi connectivity index (χ2n) is 4.74. The Kier molecular flexibility index (Phi) is 3.84. The van der Waals surface area contributed by atoms with Gasteiger partial charge < -0.3 is 4.79 Å². The van der Waals surface area contributed by atoms with Crippen molar-refractivity contribution in [2.75, 3.05) is 13.1 Å². The first kappa shape index (κ1) is 12.6. The molecule has 1 saturated heterocycles. The molecule has 1 aromatic heterocycles. The van der Waals surface area contributed by atoms with Crippen molar-refractivity contribution in [3.05, 3.63) is 16.4 Å². The zero-order valence-electron chi connectivity index (χ0n) is 10.3. The van der Waals surface area contributed by atoms with Crippen LogP contribution in [0.25, 0.3) is 0 Å². The van der Waals surface area contributed by atoms with Gasteiger partial charge in [-0.3, -0.25) is 9.58 Å². The lowest BCUT2D eigenvalue weighted by Gasteiger charge is -2.30. The number of piperidine rings is 1. The smallest absolute Gasteiger partial charge is 0.124 e. The molecule has 1 fully saturated rings. The average molecular weight is 256 g/mol. The minimum Gasteiger partial charge on any atom is -0.303 e. The summed E-state index contributed by atoms with van der Waals surface area (Å²) in [5, 5.41) is 5.05. The largest absolute Gasteiger partial charge is 0.303 e. The molecule has 0 amide bonds. The van der Waals surface area contributed by atoms with Gasteiger partial charge in [0, 0.05) is 26.1 Å². The van der Waals surface area contributed by atoms with E-state index in [-0.39, 0.29) is 5.92 Å². The van der Waals surface area contributed by atoms with Gasteiger partial charge in [0.2, 0.25) is 0 Å². The predicted molar refractivity (Wildman–Crippen MR) is 67.0 cm³/mol. The highest BCUT2D eigenvalue weighted by atomic mass is 35.5. The van der Waals surface area contributed by atoms with Gasteiger partial charge in [0.1, 0.15) is 6.29 Å². The summed E-state index contributed by atoms with van der Waals surface area (Å²) < 4.78 is 1.84. The third-order valence-corrected chi connectivity index (χ3v) is 3.86. The Morgan fingerprint density at radius 3 is 2.94 bits per heavy atom. The molecule has 1 atom stereocenters. The topological polar surface area (TPSA) is 38.1 Å². The van der Waals surface area contributed by atoms with Crippen LogP contribution in [0.1, 0.15) is 24.2 Å². The maximum absolute atomic E-state index is 10.8. The van der Waals surface area contributed by atoms with Crippen LogP contribution in [0.5, 0.6) is 0 Å². The molecule has 0 radical (unpaired) electrons. The Morgan fingerprint density at radius 1 is 1.59 bits per heavy atom. The van der Waals surface area contributed by atoms with Crippen molar-refractivity contribution < 1.29 is 4.79 Å². The van der Waals surface area contributed by atoms with Crippen molar-refractivity contribution in [2.24, 2.45) is 13.0 Å². The maximum atomic E-state index is 10.8. The normalized spacial score (nSPS) is 21.7. The van der Waals surface area contributed by atoms with Gasteiger partial charge in [-0.25, -0.2) is 0 Å². The number of carbonyl (C=O) groups is 1. The number of aromatic nitrogens is 2. The number of aryl methyl sites for hydroxylation is 2. The molecule has 1 aromatic rings. The summed E-state index contributed by atoms with van der Waals surface area (Å²) in [6.07, 6.45) is 3.16. The Hall–Kier alpha value is -0.870. The van der Waals surface area contributed by atoms with Crippen LogP contribution >= 0.6 is 11.6 Å². The monoisotopic (exact) mass is 255 g/mol. The molecule has 0 spiro atoms. The van der Waals surface area contributed by atoms with Crippen LogP contribution in [-0.2, 0) is 18.4 Å². The number of halogens is 1. The van der Waals surface area contributed by atoms with Crippen LogP contribution in [0.2, 0.25) is 5.02 Å². The minimum atomic E-state index is 0.178. The van der Waals surface area contributed by atoms with Crippen LogP contribution in [0.3, 0.4) is 0 Å². The Balaban J connectivity index is 2.07. The molecule has 0 bridgehead atoms. The van der Waals surface area contributed by atoms with Crippen molar-refractivity contribution in [2.45, 2.75) is 26.3 Å². The number of nitrogens with zero attached hydrogens (tertiary/aromatic N) is 3. The highest BCUT2D eigenvalue weighted by Gasteiger charge is 2.21. The predicted octanol–water partition coefficient (Wildman–Crippen LogP) is 1.79. The molecule has 94 valence electrons. The summed E-state index contributed by atoms with van der Waals surface area (Å²) in [5.74, 6) is 0.178. The van der Waals surface area contributed by atoms with E-state index in [1.54, 1.807) is 0 Å². The third-order valence-electron chi connectivity index (χ3n) is 3.37. The van der Waals surface area contributed by atoms with E-state index in [0.29, 0.717) is 0 Å². The molecule has 17 heavy (non-hydrogen) atoms. The Morgan fingerprint density at radius 2 is 2.35 bits per heavy atom. The summed E-state index contributed by atoms with van der Waals surface area (Å²) in [7, 11) is 1.91. The van der Waals surface area contributed by atoms with Crippen LogP contribution < -0.4 is 0 Å². The van der Waals surface area contributed by atoms with Crippen molar-refractivity contribution in [1.29, 1.82) is 0 Å². The van der Waals surface area contributed by atoms with Crippen LogP contribution in [0, 0.1) is 12.8 Å². The van der Waals surface area contributed by atoms with E-state index in [1.165, 1.54) is 0 Å². The van der Waals surface area contributed by atoms with E-state index in [2.05, 4.69) is 10.00 Å². The Labute approximate surface area is 107 Å². The second kappa shape index (κ2) is 5.19. The molecular formula is C12H18ClN3O. The van der Waals surface area contributed by atoms with Gasteiger partial charge >= 0.3 is 0 Å². The fraction of sp³-hybridized carbons (Fsp3) is 0.667. The molecule has 0 saturated carbocycles. The molecule has 0 N–H and O–H groups in total. The highest BCUT2D eigenvalue weighted by molar-refractivity contribution is 6.31. The van der Waals surface area contributed by atoms with Crippen molar-refractivity contribution >= 4 is 17.9 Å². The lowest BCUT2D eigenvalue weighted by Crippen LogP contribution is -2.36. The van der Waals surface area contributed by atoms with E-state index in [9.17, 15) is 4.79 Å². The zero-order valence-corrected chi connectivity index (χ0v) is 11.1. The summed E-state index contributed by atoms with van der Waals surface area (Å²) in [6.45, 7) is 4.56. The van der Waals surface area contributed by atoms with E-state index in [0.717, 1.165) is 55.2 Å². The van der Waals surface area contributed by atoms with E-state index in [1.807, 2.05) is 18.7 Å². The number of likely N-dealkylation sites (tertiary alicyclic amines) is 1. The fourth-order valence-corrected chi connectivity index (χ4v) is 2.63. The minimum absolute atomic E-state index is 0.178. The summed E-state index contributed by atoms with van der Waals surface area (Å²) in [5.41, 5.74) is 1.91. The van der Waals surface area contributed by atoms with Crippen LogP contribution in [-0.4, -0.2) is 34.1 Å². The molecular weight excluding hydrogens is 238 g/mol. The summed E-state index contributed by atoms with van der Waals surface area (Å²) >= 11 is 6.22. The summed E-state index contributed by atoms with van der Waals surface area (Å²) in [4.78, 5) is 13.1. The molecule has 2 heterocycles.